The highest BCUT2D eigenvalue weighted by Gasteiger charge is 2.47. The Morgan fingerprint density at radius 2 is 1.94 bits per heavy atom. The molecule has 0 spiro atoms. The number of oxazole rings is 1. The summed E-state index contributed by atoms with van der Waals surface area (Å²) in [5.41, 5.74) is 0.699. The van der Waals surface area contributed by atoms with E-state index in [-0.39, 0.29) is 24.4 Å². The number of likely N-dealkylation sites (tertiary alicyclic amines) is 1. The van der Waals surface area contributed by atoms with Gasteiger partial charge in [-0.1, -0.05) is 37.3 Å². The molecule has 0 bridgehead atoms. The Hall–Kier alpha value is -3.36. The van der Waals surface area contributed by atoms with Crippen LogP contribution in [0.25, 0.3) is 11.3 Å². The number of rotatable bonds is 5. The topological polar surface area (TPSA) is 84.2 Å². The van der Waals surface area contributed by atoms with E-state index in [0.717, 1.165) is 0 Å². The molecule has 7 nitrogen and oxygen atoms in total. The summed E-state index contributed by atoms with van der Waals surface area (Å²) in [6, 6.07) is 10.2. The van der Waals surface area contributed by atoms with Crippen molar-refractivity contribution in [3.63, 3.8) is 0 Å². The van der Waals surface area contributed by atoms with E-state index in [0.29, 0.717) is 17.4 Å². The van der Waals surface area contributed by atoms with Crippen LogP contribution in [0.4, 0.5) is 14.7 Å². The molecule has 0 unspecified atom stereocenters. The number of piperidine rings is 1. The number of amides is 1. The number of benzene rings is 1. The Morgan fingerprint density at radius 3 is 2.65 bits per heavy atom. The predicted octanol–water partition coefficient (Wildman–Crippen LogP) is 4.04. The SMILES string of the molecule is Cc1nc(C(=O)N2CC(F)(F)C[C@@H](C)[C@H]2CNc2ncccn2)c(-c2ccccc2)o1. The maximum Gasteiger partial charge on any atom is 0.277 e. The van der Waals surface area contributed by atoms with Crippen LogP contribution in [0.1, 0.15) is 29.7 Å². The molecule has 1 aliphatic heterocycles. The molecule has 0 aliphatic carbocycles. The number of hydrogen-bond donors (Lipinski definition) is 1. The second kappa shape index (κ2) is 8.41. The summed E-state index contributed by atoms with van der Waals surface area (Å²) in [4.78, 5) is 27.1. The molecular weight excluding hydrogens is 404 g/mol. The highest BCUT2D eigenvalue weighted by atomic mass is 19.3. The van der Waals surface area contributed by atoms with Gasteiger partial charge in [-0.25, -0.2) is 23.7 Å². The van der Waals surface area contributed by atoms with Crippen LogP contribution in [0.15, 0.2) is 53.2 Å². The first-order valence-electron chi connectivity index (χ1n) is 10.1. The Kier molecular flexibility index (Phi) is 5.67. The number of nitrogens with zero attached hydrogens (tertiary/aromatic N) is 4. The highest BCUT2D eigenvalue weighted by molar-refractivity contribution is 5.98. The van der Waals surface area contributed by atoms with Crippen LogP contribution >= 0.6 is 0 Å². The standard InChI is InChI=1S/C22H23F2N5O2/c1-14-11-22(23,24)13-29(17(14)12-27-21-25-9-6-10-26-21)20(30)18-19(31-15(2)28-18)16-7-4-3-5-8-16/h3-10,14,17H,11-13H2,1-2H3,(H,25,26,27)/t14-,17-/m1/s1. The molecule has 162 valence electrons. The molecule has 9 heteroatoms. The fraction of sp³-hybridized carbons (Fsp3) is 0.364. The fourth-order valence-electron chi connectivity index (χ4n) is 3.96. The second-order valence-electron chi connectivity index (χ2n) is 7.77. The third kappa shape index (κ3) is 4.55. The van der Waals surface area contributed by atoms with Gasteiger partial charge in [-0.15, -0.1) is 0 Å². The average molecular weight is 427 g/mol. The quantitative estimate of drug-likeness (QED) is 0.662. The zero-order valence-electron chi connectivity index (χ0n) is 17.3. The van der Waals surface area contributed by atoms with Crippen LogP contribution in [0.5, 0.6) is 0 Å². The van der Waals surface area contributed by atoms with E-state index in [1.54, 1.807) is 44.4 Å². The van der Waals surface area contributed by atoms with Crippen LogP contribution in [0, 0.1) is 12.8 Å². The van der Waals surface area contributed by atoms with Crippen LogP contribution in [0.3, 0.4) is 0 Å². The molecule has 0 saturated carbocycles. The minimum absolute atomic E-state index is 0.0366. The predicted molar refractivity (Wildman–Crippen MR) is 111 cm³/mol. The third-order valence-electron chi connectivity index (χ3n) is 5.35. The van der Waals surface area contributed by atoms with Crippen LogP contribution in [-0.4, -0.2) is 50.8 Å². The summed E-state index contributed by atoms with van der Waals surface area (Å²) >= 11 is 0. The van der Waals surface area contributed by atoms with E-state index in [9.17, 15) is 13.6 Å². The second-order valence-corrected chi connectivity index (χ2v) is 7.77. The molecule has 3 aromatic rings. The van der Waals surface area contributed by atoms with Crippen molar-refractivity contribution in [1.82, 2.24) is 19.9 Å². The maximum atomic E-state index is 14.5. The molecule has 0 radical (unpaired) electrons. The van der Waals surface area contributed by atoms with E-state index >= 15 is 0 Å². The molecule has 1 saturated heterocycles. The minimum atomic E-state index is -2.99. The van der Waals surface area contributed by atoms with Gasteiger partial charge in [0.1, 0.15) is 0 Å². The van der Waals surface area contributed by atoms with Crippen molar-refractivity contribution in [2.45, 2.75) is 32.2 Å². The Morgan fingerprint density at radius 1 is 1.23 bits per heavy atom. The van der Waals surface area contributed by atoms with Gasteiger partial charge in [0.05, 0.1) is 12.6 Å². The third-order valence-corrected chi connectivity index (χ3v) is 5.35. The van der Waals surface area contributed by atoms with Crippen LogP contribution in [-0.2, 0) is 0 Å². The molecule has 1 N–H and O–H groups in total. The summed E-state index contributed by atoms with van der Waals surface area (Å²) in [7, 11) is 0. The lowest BCUT2D eigenvalue weighted by Crippen LogP contribution is -2.57. The average Bonchev–Trinajstić information content (AvgIpc) is 3.14. The summed E-state index contributed by atoms with van der Waals surface area (Å²) in [5.74, 6) is -3.06. The van der Waals surface area contributed by atoms with Crippen molar-refractivity contribution in [2.24, 2.45) is 5.92 Å². The Labute approximate surface area is 178 Å². The van der Waals surface area contributed by atoms with Crippen LogP contribution < -0.4 is 5.32 Å². The van der Waals surface area contributed by atoms with Gasteiger partial charge in [-0.05, 0) is 12.0 Å². The molecule has 4 rings (SSSR count). The summed E-state index contributed by atoms with van der Waals surface area (Å²) in [5, 5.41) is 3.06. The van der Waals surface area contributed by atoms with Crippen molar-refractivity contribution in [3.8, 4) is 11.3 Å². The Balaban J connectivity index is 1.65. The molecular formula is C22H23F2N5O2. The van der Waals surface area contributed by atoms with E-state index in [2.05, 4.69) is 20.3 Å². The van der Waals surface area contributed by atoms with Crippen molar-refractivity contribution >= 4 is 11.9 Å². The first kappa shape index (κ1) is 20.9. The maximum absolute atomic E-state index is 14.5. The van der Waals surface area contributed by atoms with E-state index in [1.807, 2.05) is 18.2 Å². The number of hydrogen-bond acceptors (Lipinski definition) is 6. The number of carbonyl (C=O) groups is 1. The minimum Gasteiger partial charge on any atom is -0.440 e. The van der Waals surface area contributed by atoms with Crippen LogP contribution in [0.2, 0.25) is 0 Å². The van der Waals surface area contributed by atoms with Gasteiger partial charge in [-0.3, -0.25) is 4.79 Å². The van der Waals surface area contributed by atoms with Gasteiger partial charge >= 0.3 is 0 Å². The zero-order chi connectivity index (χ0) is 22.0. The van der Waals surface area contributed by atoms with Crippen molar-refractivity contribution in [1.29, 1.82) is 0 Å². The normalized spacial score (nSPS) is 20.5. The lowest BCUT2D eigenvalue weighted by Gasteiger charge is -2.43. The lowest BCUT2D eigenvalue weighted by molar-refractivity contribution is -0.0898. The van der Waals surface area contributed by atoms with Gasteiger partial charge in [0.25, 0.3) is 11.8 Å². The summed E-state index contributed by atoms with van der Waals surface area (Å²) in [6.45, 7) is 2.91. The number of alkyl halides is 2. The molecule has 2 atom stereocenters. The number of aromatic nitrogens is 3. The van der Waals surface area contributed by atoms with Gasteiger partial charge in [0.15, 0.2) is 17.3 Å². The first-order chi connectivity index (χ1) is 14.8. The molecule has 1 amide bonds. The number of anilines is 1. The number of halogens is 2. The molecule has 1 fully saturated rings. The van der Waals surface area contributed by atoms with E-state index in [4.69, 9.17) is 4.42 Å². The molecule has 2 aromatic heterocycles. The van der Waals surface area contributed by atoms with E-state index in [1.165, 1.54) is 4.90 Å². The molecule has 31 heavy (non-hydrogen) atoms. The van der Waals surface area contributed by atoms with Gasteiger partial charge < -0.3 is 14.6 Å². The summed E-state index contributed by atoms with van der Waals surface area (Å²) < 4.78 is 34.6. The van der Waals surface area contributed by atoms with E-state index < -0.39 is 30.3 Å². The van der Waals surface area contributed by atoms with Gasteiger partial charge in [0, 0.05) is 37.8 Å². The largest absolute Gasteiger partial charge is 0.440 e. The highest BCUT2D eigenvalue weighted by Crippen LogP contribution is 2.36. The molecule has 3 heterocycles. The van der Waals surface area contributed by atoms with Gasteiger partial charge in [0.2, 0.25) is 5.95 Å². The monoisotopic (exact) mass is 427 g/mol. The first-order valence-corrected chi connectivity index (χ1v) is 10.1. The molecule has 1 aromatic carbocycles. The number of carbonyl (C=O) groups excluding carboxylic acids is 1. The zero-order valence-corrected chi connectivity index (χ0v) is 17.3. The van der Waals surface area contributed by atoms with Crippen molar-refractivity contribution in [3.05, 3.63) is 60.4 Å². The Bertz CT molecular complexity index is 1040. The van der Waals surface area contributed by atoms with Gasteiger partial charge in [-0.2, -0.15) is 0 Å². The fourth-order valence-corrected chi connectivity index (χ4v) is 3.96. The number of aryl methyl sites for hydroxylation is 1. The van der Waals surface area contributed by atoms with Crippen molar-refractivity contribution in [2.75, 3.05) is 18.4 Å². The smallest absolute Gasteiger partial charge is 0.277 e. The number of nitrogens with one attached hydrogen (secondary N) is 1. The summed E-state index contributed by atoms with van der Waals surface area (Å²) in [6.07, 6.45) is 2.87. The van der Waals surface area contributed by atoms with Crippen molar-refractivity contribution < 1.29 is 18.0 Å². The lowest BCUT2D eigenvalue weighted by atomic mass is 9.88. The molecule has 1 aliphatic rings.